The number of carbonyl (C=O) groups is 2. The van der Waals surface area contributed by atoms with Gasteiger partial charge >= 0.3 is 12.0 Å². The molecule has 1 N–H and O–H groups in total. The Hall–Kier alpha value is -1.26. The van der Waals surface area contributed by atoms with E-state index in [1.165, 1.54) is 17.7 Å². The van der Waals surface area contributed by atoms with Gasteiger partial charge in [0, 0.05) is 19.6 Å². The van der Waals surface area contributed by atoms with E-state index < -0.39 is 12.0 Å². The lowest BCUT2D eigenvalue weighted by Crippen LogP contribution is -2.48. The van der Waals surface area contributed by atoms with Crippen molar-refractivity contribution in [2.45, 2.75) is 38.6 Å². The van der Waals surface area contributed by atoms with Crippen LogP contribution in [-0.2, 0) is 4.79 Å². The number of likely N-dealkylation sites (tertiary alicyclic amines) is 1. The van der Waals surface area contributed by atoms with Gasteiger partial charge in [-0.2, -0.15) is 0 Å². The number of amides is 2. The fraction of sp³-hybridized carbons (Fsp3) is 0.833. The lowest BCUT2D eigenvalue weighted by Gasteiger charge is -2.29. The molecule has 1 unspecified atom stereocenters. The van der Waals surface area contributed by atoms with Gasteiger partial charge in [-0.25, -0.2) is 9.59 Å². The minimum Gasteiger partial charge on any atom is -0.480 e. The summed E-state index contributed by atoms with van der Waals surface area (Å²) in [5.41, 5.74) is 0. The highest BCUT2D eigenvalue weighted by molar-refractivity contribution is 5.83. The molecule has 96 valence electrons. The molecule has 0 spiro atoms. The third kappa shape index (κ3) is 2.70. The van der Waals surface area contributed by atoms with Crippen LogP contribution in [0.3, 0.4) is 0 Å². The van der Waals surface area contributed by atoms with Crippen LogP contribution < -0.4 is 0 Å². The number of carboxylic acid groups (broad SMARTS) is 1. The zero-order chi connectivity index (χ0) is 12.4. The van der Waals surface area contributed by atoms with Crippen molar-refractivity contribution in [1.82, 2.24) is 9.80 Å². The SMILES string of the molecule is CCN(CC1CC1)C(=O)N1CCCC1C(=O)O. The minimum atomic E-state index is -0.877. The Morgan fingerprint density at radius 3 is 2.59 bits per heavy atom. The molecular formula is C12H20N2O3. The number of urea groups is 1. The molecule has 0 radical (unpaired) electrons. The first-order valence-corrected chi connectivity index (χ1v) is 6.41. The highest BCUT2D eigenvalue weighted by atomic mass is 16.4. The number of carboxylic acids is 1. The average molecular weight is 240 g/mol. The van der Waals surface area contributed by atoms with Gasteiger partial charge in [0.1, 0.15) is 6.04 Å². The topological polar surface area (TPSA) is 60.9 Å². The van der Waals surface area contributed by atoms with Crippen molar-refractivity contribution in [1.29, 1.82) is 0 Å². The Balaban J connectivity index is 1.98. The van der Waals surface area contributed by atoms with E-state index in [-0.39, 0.29) is 6.03 Å². The maximum Gasteiger partial charge on any atom is 0.326 e. The first-order valence-electron chi connectivity index (χ1n) is 6.41. The van der Waals surface area contributed by atoms with E-state index in [4.69, 9.17) is 5.11 Å². The van der Waals surface area contributed by atoms with Crippen molar-refractivity contribution < 1.29 is 14.7 Å². The molecule has 5 nitrogen and oxygen atoms in total. The van der Waals surface area contributed by atoms with Crippen LogP contribution in [0, 0.1) is 5.92 Å². The fourth-order valence-corrected chi connectivity index (χ4v) is 2.39. The van der Waals surface area contributed by atoms with E-state index in [9.17, 15) is 9.59 Å². The molecule has 2 aliphatic rings. The third-order valence-corrected chi connectivity index (χ3v) is 3.61. The van der Waals surface area contributed by atoms with Gasteiger partial charge in [-0.1, -0.05) is 0 Å². The summed E-state index contributed by atoms with van der Waals surface area (Å²) in [5, 5.41) is 9.07. The Kier molecular flexibility index (Phi) is 3.54. The molecule has 0 aromatic heterocycles. The molecule has 0 bridgehead atoms. The van der Waals surface area contributed by atoms with E-state index in [1.807, 2.05) is 6.92 Å². The smallest absolute Gasteiger partial charge is 0.326 e. The van der Waals surface area contributed by atoms with Gasteiger partial charge in [-0.3, -0.25) is 0 Å². The van der Waals surface area contributed by atoms with Crippen LogP contribution in [0.1, 0.15) is 32.6 Å². The summed E-state index contributed by atoms with van der Waals surface area (Å²) in [6.07, 6.45) is 3.78. The fourth-order valence-electron chi connectivity index (χ4n) is 2.39. The van der Waals surface area contributed by atoms with Crippen molar-refractivity contribution >= 4 is 12.0 Å². The predicted molar refractivity (Wildman–Crippen MR) is 62.7 cm³/mol. The summed E-state index contributed by atoms with van der Waals surface area (Å²) in [4.78, 5) is 26.6. The van der Waals surface area contributed by atoms with Crippen molar-refractivity contribution in [2.75, 3.05) is 19.6 Å². The summed E-state index contributed by atoms with van der Waals surface area (Å²) in [5.74, 6) is -0.233. The highest BCUT2D eigenvalue weighted by Crippen LogP contribution is 2.30. The van der Waals surface area contributed by atoms with Gasteiger partial charge in [0.05, 0.1) is 0 Å². The third-order valence-electron chi connectivity index (χ3n) is 3.61. The van der Waals surface area contributed by atoms with E-state index in [2.05, 4.69) is 0 Å². The number of carbonyl (C=O) groups excluding carboxylic acids is 1. The van der Waals surface area contributed by atoms with E-state index in [0.29, 0.717) is 25.4 Å². The lowest BCUT2D eigenvalue weighted by atomic mass is 10.2. The van der Waals surface area contributed by atoms with Gasteiger partial charge in [-0.15, -0.1) is 0 Å². The van der Waals surface area contributed by atoms with Crippen LogP contribution in [-0.4, -0.2) is 52.6 Å². The van der Waals surface area contributed by atoms with Crippen LogP contribution in [0.15, 0.2) is 0 Å². The largest absolute Gasteiger partial charge is 0.480 e. The highest BCUT2D eigenvalue weighted by Gasteiger charge is 2.37. The quantitative estimate of drug-likeness (QED) is 0.807. The van der Waals surface area contributed by atoms with E-state index in [1.54, 1.807) is 4.90 Å². The Morgan fingerprint density at radius 2 is 2.06 bits per heavy atom. The monoisotopic (exact) mass is 240 g/mol. The number of hydrogen-bond donors (Lipinski definition) is 1. The van der Waals surface area contributed by atoms with Crippen LogP contribution in [0.25, 0.3) is 0 Å². The molecule has 17 heavy (non-hydrogen) atoms. The predicted octanol–water partition coefficient (Wildman–Crippen LogP) is 1.39. The molecule has 1 atom stereocenters. The second-order valence-electron chi connectivity index (χ2n) is 4.95. The van der Waals surface area contributed by atoms with Gasteiger partial charge in [0.15, 0.2) is 0 Å². The molecular weight excluding hydrogens is 220 g/mol. The molecule has 1 saturated heterocycles. The lowest BCUT2D eigenvalue weighted by molar-refractivity contribution is -0.141. The molecule has 1 aliphatic heterocycles. The van der Waals surface area contributed by atoms with Crippen molar-refractivity contribution in [3.63, 3.8) is 0 Å². The molecule has 0 aromatic carbocycles. The number of hydrogen-bond acceptors (Lipinski definition) is 2. The second kappa shape index (κ2) is 4.94. The molecule has 1 aliphatic carbocycles. The van der Waals surface area contributed by atoms with Crippen LogP contribution in [0.5, 0.6) is 0 Å². The molecule has 5 heteroatoms. The van der Waals surface area contributed by atoms with Gasteiger partial charge < -0.3 is 14.9 Å². The molecule has 1 heterocycles. The van der Waals surface area contributed by atoms with Crippen molar-refractivity contribution in [2.24, 2.45) is 5.92 Å². The molecule has 0 aromatic rings. The summed E-state index contributed by atoms with van der Waals surface area (Å²) in [6.45, 7) is 3.99. The number of nitrogens with zero attached hydrogens (tertiary/aromatic N) is 2. The summed E-state index contributed by atoms with van der Waals surface area (Å²) >= 11 is 0. The average Bonchev–Trinajstić information content (AvgIpc) is 2.97. The van der Waals surface area contributed by atoms with E-state index in [0.717, 1.165) is 13.0 Å². The maximum absolute atomic E-state index is 12.2. The molecule has 2 amide bonds. The second-order valence-corrected chi connectivity index (χ2v) is 4.95. The zero-order valence-electron chi connectivity index (χ0n) is 10.3. The van der Waals surface area contributed by atoms with Crippen molar-refractivity contribution in [3.8, 4) is 0 Å². The summed E-state index contributed by atoms with van der Waals surface area (Å²) in [6, 6.07) is -0.708. The Morgan fingerprint density at radius 1 is 1.35 bits per heavy atom. The van der Waals surface area contributed by atoms with Gasteiger partial charge in [0.2, 0.25) is 0 Å². The molecule has 1 saturated carbocycles. The first kappa shape index (κ1) is 12.2. The van der Waals surface area contributed by atoms with Gasteiger partial charge in [0.25, 0.3) is 0 Å². The van der Waals surface area contributed by atoms with Crippen LogP contribution >= 0.6 is 0 Å². The van der Waals surface area contributed by atoms with Crippen LogP contribution in [0.4, 0.5) is 4.79 Å². The Labute approximate surface area is 101 Å². The summed E-state index contributed by atoms with van der Waals surface area (Å²) < 4.78 is 0. The number of rotatable bonds is 4. The van der Waals surface area contributed by atoms with Crippen LogP contribution in [0.2, 0.25) is 0 Å². The molecule has 2 rings (SSSR count). The van der Waals surface area contributed by atoms with Crippen molar-refractivity contribution in [3.05, 3.63) is 0 Å². The maximum atomic E-state index is 12.2. The van der Waals surface area contributed by atoms with Gasteiger partial charge in [-0.05, 0) is 38.5 Å². The summed E-state index contributed by atoms with van der Waals surface area (Å²) in [7, 11) is 0. The first-order chi connectivity index (χ1) is 8.13. The Bertz CT molecular complexity index is 315. The normalized spacial score (nSPS) is 23.8. The standard InChI is InChI=1S/C12H20N2O3/c1-2-13(8-9-5-6-9)12(17)14-7-3-4-10(14)11(15)16/h9-10H,2-8H2,1H3,(H,15,16). The zero-order valence-corrected chi connectivity index (χ0v) is 10.3. The molecule has 2 fully saturated rings. The number of aliphatic carboxylic acids is 1. The minimum absolute atomic E-state index is 0.0932. The van der Waals surface area contributed by atoms with E-state index >= 15 is 0 Å².